The number of rotatable bonds is 9. The van der Waals surface area contributed by atoms with Crippen molar-refractivity contribution in [2.75, 3.05) is 20.3 Å². The molecule has 3 aromatic carbocycles. The molecule has 2 unspecified atom stereocenters. The van der Waals surface area contributed by atoms with Crippen molar-refractivity contribution in [3.8, 4) is 40.2 Å². The zero-order valence-electron chi connectivity index (χ0n) is 26.8. The van der Waals surface area contributed by atoms with E-state index in [0.717, 1.165) is 12.1 Å². The minimum Gasteiger partial charge on any atom is -0.756 e. The van der Waals surface area contributed by atoms with E-state index in [1.807, 2.05) is 0 Å². The molecule has 0 aliphatic carbocycles. The molecule has 270 valence electrons. The van der Waals surface area contributed by atoms with Crippen molar-refractivity contribution in [3.05, 3.63) is 65.2 Å². The van der Waals surface area contributed by atoms with E-state index < -0.39 is 87.7 Å². The number of benzene rings is 3. The van der Waals surface area contributed by atoms with E-state index in [4.69, 9.17) is 32.7 Å². The van der Waals surface area contributed by atoms with Gasteiger partial charge in [0.1, 0.15) is 47.2 Å². The molecule has 0 spiro atoms. The van der Waals surface area contributed by atoms with Gasteiger partial charge in [-0.3, -0.25) is 13.9 Å². The number of aliphatic hydroxyl groups excluding tert-OH is 5. The Kier molecular flexibility index (Phi) is 11.8. The number of hydrogen-bond acceptors (Lipinski definition) is 18. The van der Waals surface area contributed by atoms with Crippen LogP contribution in [0, 0.1) is 0 Å². The number of carbonyl (C=O) groups is 1. The number of phosphoric ester groups is 1. The monoisotopic (exact) mass is 746 g/mol. The van der Waals surface area contributed by atoms with Crippen LogP contribution in [0.25, 0.3) is 0 Å². The van der Waals surface area contributed by atoms with Crippen LogP contribution in [-0.4, -0.2) is 110 Å². The van der Waals surface area contributed by atoms with Crippen molar-refractivity contribution in [2.24, 2.45) is 0 Å². The first-order chi connectivity index (χ1) is 23.7. The second-order valence-corrected chi connectivity index (χ2v) is 12.9. The molecule has 3 aliphatic heterocycles. The number of phosphoric acid groups is 1. The fraction of sp³-hybridized carbons (Fsp3) is 0.387. The fourth-order valence-corrected chi connectivity index (χ4v) is 6.56. The minimum atomic E-state index is -5.37. The molecule has 18 nitrogen and oxygen atoms in total. The molecule has 10 atom stereocenters. The van der Waals surface area contributed by atoms with Crippen LogP contribution in [-0.2, 0) is 18.3 Å². The Labute approximate surface area is 310 Å². The predicted octanol–water partition coefficient (Wildman–Crippen LogP) is -3.32. The summed E-state index contributed by atoms with van der Waals surface area (Å²) in [5.41, 5.74) is 0.221. The van der Waals surface area contributed by atoms with Crippen LogP contribution >= 0.6 is 7.82 Å². The first kappa shape index (κ1) is 39.0. The van der Waals surface area contributed by atoms with Crippen LogP contribution in [0.2, 0.25) is 0 Å². The molecule has 0 bridgehead atoms. The average molecular weight is 747 g/mol. The summed E-state index contributed by atoms with van der Waals surface area (Å²) in [6.45, 7) is -1.60. The van der Waals surface area contributed by atoms with Crippen LogP contribution < -0.4 is 53.4 Å². The maximum atomic E-state index is 13.0. The van der Waals surface area contributed by atoms with Gasteiger partial charge in [0.25, 0.3) is 7.82 Å². The van der Waals surface area contributed by atoms with Crippen molar-refractivity contribution in [3.63, 3.8) is 0 Å². The number of fused-ring (bicyclic) bond motifs is 2. The molecule has 1 fully saturated rings. The summed E-state index contributed by atoms with van der Waals surface area (Å²) in [6, 6.07) is 10.4. The number of aliphatic hydroxyl groups is 5. The van der Waals surface area contributed by atoms with E-state index in [9.17, 15) is 55.1 Å². The molecule has 0 aromatic heterocycles. The Morgan fingerprint density at radius 2 is 1.49 bits per heavy atom. The summed E-state index contributed by atoms with van der Waals surface area (Å²) in [4.78, 5) is 25.8. The van der Waals surface area contributed by atoms with Gasteiger partial charge < -0.3 is 74.0 Å². The normalized spacial score (nSPS) is 29.5. The number of aromatic hydroxyl groups is 3. The zero-order valence-corrected chi connectivity index (χ0v) is 29.7. The summed E-state index contributed by atoms with van der Waals surface area (Å²) < 4.78 is 51.1. The Morgan fingerprint density at radius 3 is 2.20 bits per heavy atom. The summed E-state index contributed by atoms with van der Waals surface area (Å²) in [5.74, 6) is -2.06. The number of phenols is 3. The van der Waals surface area contributed by atoms with Crippen LogP contribution in [0.15, 0.2) is 48.5 Å². The molecule has 0 radical (unpaired) electrons. The van der Waals surface area contributed by atoms with Gasteiger partial charge in [-0.25, -0.2) is 0 Å². The number of carbonyl (C=O) groups excluding carboxylic acids is 1. The van der Waals surface area contributed by atoms with Crippen molar-refractivity contribution < 1.29 is 117 Å². The van der Waals surface area contributed by atoms with Gasteiger partial charge in [-0.15, -0.1) is 0 Å². The first-order valence-electron chi connectivity index (χ1n) is 14.9. The van der Waals surface area contributed by atoms with Crippen molar-refractivity contribution >= 4 is 13.6 Å². The Morgan fingerprint density at radius 1 is 0.804 bits per heavy atom. The maximum absolute atomic E-state index is 13.0. The van der Waals surface area contributed by atoms with Crippen LogP contribution in [0.1, 0.15) is 33.7 Å². The summed E-state index contributed by atoms with van der Waals surface area (Å²) >= 11 is 0. The van der Waals surface area contributed by atoms with E-state index in [2.05, 4.69) is 0 Å². The van der Waals surface area contributed by atoms with Gasteiger partial charge in [0, 0.05) is 17.7 Å². The molecule has 0 saturated carbocycles. The summed E-state index contributed by atoms with van der Waals surface area (Å²) in [6.07, 6.45) is -14.7. The van der Waals surface area contributed by atoms with Crippen molar-refractivity contribution in [2.45, 2.75) is 55.1 Å². The number of Topliss-reactive ketones (excluding diaryl/α,β-unsaturated/α-hetero) is 1. The number of methoxy groups -OCH3 is 1. The Hall–Kier alpha value is -3.20. The molecular formula is C31H32NaO18P. The second-order valence-electron chi connectivity index (χ2n) is 11.6. The summed E-state index contributed by atoms with van der Waals surface area (Å²) in [5, 5.41) is 80.5. The zero-order chi connectivity index (χ0) is 36.1. The number of ketones is 1. The van der Waals surface area contributed by atoms with Gasteiger partial charge in [0.15, 0.2) is 53.7 Å². The fourth-order valence-electron chi connectivity index (χ4n) is 5.74. The van der Waals surface area contributed by atoms with Gasteiger partial charge in [-0.2, -0.15) is 0 Å². The maximum Gasteiger partial charge on any atom is 1.00 e. The van der Waals surface area contributed by atoms with Crippen molar-refractivity contribution in [1.29, 1.82) is 0 Å². The molecule has 6 rings (SSSR count). The standard InChI is InChI=1S/C31H33O18P.Na/c1-43-18-6-12(2-4-15(18)34)29-22(11-44-50(41,42)49-31-28(40)26(38)24(36)21(10-32)48-31)45-17-5-3-13(7-19(17)46-29)30-27(39)25(37)23-16(35)8-14(33)9-20(23)47-30;/h2-9,21-22,24,26-36,38-40H,10-11H2,1H3,(H,41,42);/q;+1/p-1/t21-,22+,24+,26+,27+,28-,29-,30-,31?;/m1./s1. The third kappa shape index (κ3) is 7.79. The van der Waals surface area contributed by atoms with Crippen molar-refractivity contribution in [1.82, 2.24) is 0 Å². The van der Waals surface area contributed by atoms with Gasteiger partial charge >= 0.3 is 29.6 Å². The van der Waals surface area contributed by atoms with E-state index in [-0.39, 0.29) is 75.2 Å². The number of ether oxygens (including phenoxy) is 5. The van der Waals surface area contributed by atoms with Gasteiger partial charge in [0.05, 0.1) is 20.3 Å². The molecule has 51 heavy (non-hydrogen) atoms. The SMILES string of the molecule is COc1cc([C@H]2Oc3cc([C@H]4Oc5cc(O)cc(O)c5C(=O)[C@@H]4O)ccc3O[C@H]2COP(=O)([O-])OC2O[C@H](CO)[C@H](O)[C@H](O)[C@H]2O)ccc1O.[Na+]. The van der Waals surface area contributed by atoms with E-state index >= 15 is 0 Å². The molecule has 3 aliphatic rings. The quantitative estimate of drug-likeness (QED) is 0.0785. The van der Waals surface area contributed by atoms with Crippen LogP contribution in [0.4, 0.5) is 0 Å². The smallest absolute Gasteiger partial charge is 0.756 e. The molecule has 20 heteroatoms. The summed E-state index contributed by atoms with van der Waals surface area (Å²) in [7, 11) is -4.07. The van der Waals surface area contributed by atoms with Crippen LogP contribution in [0.3, 0.4) is 0 Å². The van der Waals surface area contributed by atoms with E-state index in [1.54, 1.807) is 0 Å². The van der Waals surface area contributed by atoms with Crippen LogP contribution in [0.5, 0.6) is 40.2 Å². The average Bonchev–Trinajstić information content (AvgIpc) is 3.08. The van der Waals surface area contributed by atoms with Gasteiger partial charge in [0.2, 0.25) is 5.78 Å². The largest absolute Gasteiger partial charge is 1.00 e. The minimum absolute atomic E-state index is 0. The number of phenolic OH excluding ortho intramolecular Hbond substituents is 3. The predicted molar refractivity (Wildman–Crippen MR) is 161 cm³/mol. The first-order valence-corrected chi connectivity index (χ1v) is 16.4. The Balaban J connectivity index is 0.00000504. The van der Waals surface area contributed by atoms with Gasteiger partial charge in [-0.1, -0.05) is 12.1 Å². The number of hydrogen-bond donors (Lipinski definition) is 8. The molecule has 3 heterocycles. The third-order valence-corrected chi connectivity index (χ3v) is 9.23. The van der Waals surface area contributed by atoms with E-state index in [0.29, 0.717) is 5.56 Å². The second kappa shape index (κ2) is 15.4. The molecule has 3 aromatic rings. The van der Waals surface area contributed by atoms with Gasteiger partial charge in [-0.05, 0) is 29.8 Å². The van der Waals surface area contributed by atoms with E-state index in [1.165, 1.54) is 43.5 Å². The molecular weight excluding hydrogens is 714 g/mol. The molecule has 8 N–H and O–H groups in total. The molecule has 1 saturated heterocycles. The molecule has 0 amide bonds. The topological polar surface area (TPSA) is 284 Å². The Bertz CT molecular complexity index is 1810. The third-order valence-electron chi connectivity index (χ3n) is 8.30.